The van der Waals surface area contributed by atoms with E-state index in [-0.39, 0.29) is 17.9 Å². The summed E-state index contributed by atoms with van der Waals surface area (Å²) in [7, 11) is 0. The van der Waals surface area contributed by atoms with Crippen LogP contribution in [0.25, 0.3) is 0 Å². The van der Waals surface area contributed by atoms with Crippen LogP contribution in [0.4, 0.5) is 0 Å². The lowest BCUT2D eigenvalue weighted by molar-refractivity contribution is -0.140. The highest BCUT2D eigenvalue weighted by atomic mass is 16.4. The van der Waals surface area contributed by atoms with Gasteiger partial charge in [-0.2, -0.15) is 5.10 Å². The van der Waals surface area contributed by atoms with E-state index in [1.165, 1.54) is 25.3 Å². The third-order valence-corrected chi connectivity index (χ3v) is 1.90. The fourth-order valence-corrected chi connectivity index (χ4v) is 1.14. The van der Waals surface area contributed by atoms with Crippen LogP contribution in [0.3, 0.4) is 0 Å². The fourth-order valence-electron chi connectivity index (χ4n) is 1.14. The van der Waals surface area contributed by atoms with Gasteiger partial charge in [0.25, 0.3) is 5.91 Å². The Balaban J connectivity index is 2.71. The number of amides is 1. The first-order valence-electron chi connectivity index (χ1n) is 4.81. The molecular weight excluding hydrogens is 226 g/mol. The molecular formula is C10H11N3O4. The van der Waals surface area contributed by atoms with Gasteiger partial charge in [-0.05, 0) is 19.1 Å². The van der Waals surface area contributed by atoms with Crippen molar-refractivity contribution in [3.05, 3.63) is 24.0 Å². The highest BCUT2D eigenvalue weighted by Gasteiger charge is 2.22. The molecule has 0 radical (unpaired) electrons. The van der Waals surface area contributed by atoms with Crippen LogP contribution in [0.2, 0.25) is 0 Å². The molecule has 1 heterocycles. The van der Waals surface area contributed by atoms with Crippen molar-refractivity contribution in [2.45, 2.75) is 19.4 Å². The zero-order chi connectivity index (χ0) is 12.8. The van der Waals surface area contributed by atoms with Crippen LogP contribution < -0.4 is 5.32 Å². The third-order valence-electron chi connectivity index (χ3n) is 1.90. The van der Waals surface area contributed by atoms with Gasteiger partial charge in [-0.15, -0.1) is 5.10 Å². The largest absolute Gasteiger partial charge is 0.480 e. The van der Waals surface area contributed by atoms with Gasteiger partial charge in [-0.1, -0.05) is 0 Å². The second kappa shape index (κ2) is 5.69. The lowest BCUT2D eigenvalue weighted by Gasteiger charge is -2.11. The first-order valence-corrected chi connectivity index (χ1v) is 4.81. The highest BCUT2D eigenvalue weighted by molar-refractivity contribution is 5.96. The van der Waals surface area contributed by atoms with Gasteiger partial charge < -0.3 is 10.4 Å². The zero-order valence-corrected chi connectivity index (χ0v) is 9.08. The molecule has 0 spiro atoms. The summed E-state index contributed by atoms with van der Waals surface area (Å²) < 4.78 is 0. The van der Waals surface area contributed by atoms with Gasteiger partial charge in [0.05, 0.1) is 0 Å². The Morgan fingerprint density at radius 3 is 2.65 bits per heavy atom. The number of carboxylic acid groups (broad SMARTS) is 1. The van der Waals surface area contributed by atoms with Crippen LogP contribution >= 0.6 is 0 Å². The van der Waals surface area contributed by atoms with Gasteiger partial charge in [0.15, 0.2) is 5.69 Å². The van der Waals surface area contributed by atoms with Gasteiger partial charge in [0, 0.05) is 12.6 Å². The second-order valence-corrected chi connectivity index (χ2v) is 3.38. The molecule has 7 nitrogen and oxygen atoms in total. The monoisotopic (exact) mass is 237 g/mol. The number of nitrogens with one attached hydrogen (secondary N) is 1. The van der Waals surface area contributed by atoms with Crippen LogP contribution in [-0.2, 0) is 9.59 Å². The maximum Gasteiger partial charge on any atom is 0.326 e. The Kier molecular flexibility index (Phi) is 4.27. The quantitative estimate of drug-likeness (QED) is 0.723. The lowest BCUT2D eigenvalue weighted by Crippen LogP contribution is -2.42. The van der Waals surface area contributed by atoms with Crippen molar-refractivity contribution in [1.82, 2.24) is 15.5 Å². The third kappa shape index (κ3) is 3.98. The molecule has 1 aromatic heterocycles. The van der Waals surface area contributed by atoms with Gasteiger partial charge >= 0.3 is 5.97 Å². The van der Waals surface area contributed by atoms with E-state index < -0.39 is 17.9 Å². The van der Waals surface area contributed by atoms with E-state index in [4.69, 9.17) is 5.11 Å². The standard InChI is InChI=1S/C10H11N3O4/c1-6(14)5-8(10(16)17)12-9(15)7-3-2-4-11-13-7/h2-4,8H,5H2,1H3,(H,12,15)(H,16,17). The summed E-state index contributed by atoms with van der Waals surface area (Å²) in [6, 6.07) is 1.65. The zero-order valence-electron chi connectivity index (χ0n) is 9.08. The molecule has 0 saturated carbocycles. The maximum atomic E-state index is 11.6. The molecule has 0 aromatic carbocycles. The van der Waals surface area contributed by atoms with E-state index >= 15 is 0 Å². The summed E-state index contributed by atoms with van der Waals surface area (Å²) in [5.41, 5.74) is 0.00213. The lowest BCUT2D eigenvalue weighted by atomic mass is 10.1. The van der Waals surface area contributed by atoms with Crippen LogP contribution in [0.15, 0.2) is 18.3 Å². The first-order chi connectivity index (χ1) is 8.00. The summed E-state index contributed by atoms with van der Waals surface area (Å²) in [6.07, 6.45) is 1.13. The highest BCUT2D eigenvalue weighted by Crippen LogP contribution is 1.97. The fraction of sp³-hybridized carbons (Fsp3) is 0.300. The van der Waals surface area contributed by atoms with E-state index in [0.717, 1.165) is 0 Å². The number of Topliss-reactive ketones (excluding diaryl/α,β-unsaturated/α-hetero) is 1. The number of carbonyl (C=O) groups is 3. The molecule has 0 fully saturated rings. The van der Waals surface area contributed by atoms with Gasteiger partial charge in [0.1, 0.15) is 11.8 Å². The average molecular weight is 237 g/mol. The number of aromatic nitrogens is 2. The number of hydrogen-bond donors (Lipinski definition) is 2. The van der Waals surface area contributed by atoms with Crippen molar-refractivity contribution in [1.29, 1.82) is 0 Å². The maximum absolute atomic E-state index is 11.6. The number of ketones is 1. The molecule has 0 aliphatic heterocycles. The molecule has 0 saturated heterocycles. The Morgan fingerprint density at radius 1 is 1.47 bits per heavy atom. The van der Waals surface area contributed by atoms with E-state index in [0.29, 0.717) is 0 Å². The molecule has 0 aliphatic rings. The van der Waals surface area contributed by atoms with Crippen molar-refractivity contribution < 1.29 is 19.5 Å². The predicted octanol–water partition coefficient (Wildman–Crippen LogP) is -0.361. The predicted molar refractivity (Wildman–Crippen MR) is 56.2 cm³/mol. The molecule has 0 aliphatic carbocycles. The summed E-state index contributed by atoms with van der Waals surface area (Å²) >= 11 is 0. The summed E-state index contributed by atoms with van der Waals surface area (Å²) in [5.74, 6) is -2.26. The van der Waals surface area contributed by atoms with Crippen molar-refractivity contribution >= 4 is 17.7 Å². The van der Waals surface area contributed by atoms with Gasteiger partial charge in [-0.3, -0.25) is 9.59 Å². The average Bonchev–Trinajstić information content (AvgIpc) is 2.28. The van der Waals surface area contributed by atoms with Crippen LogP contribution in [0.1, 0.15) is 23.8 Å². The topological polar surface area (TPSA) is 109 Å². The number of carbonyl (C=O) groups excluding carboxylic acids is 2. The number of rotatable bonds is 5. The number of nitrogens with zero attached hydrogens (tertiary/aromatic N) is 2. The van der Waals surface area contributed by atoms with Crippen molar-refractivity contribution in [3.63, 3.8) is 0 Å². The summed E-state index contributed by atoms with van der Waals surface area (Å²) in [6.45, 7) is 1.25. The molecule has 90 valence electrons. The van der Waals surface area contributed by atoms with Crippen LogP contribution in [-0.4, -0.2) is 39.0 Å². The molecule has 1 atom stereocenters. The molecule has 1 unspecified atom stereocenters. The first kappa shape index (κ1) is 12.8. The second-order valence-electron chi connectivity index (χ2n) is 3.38. The summed E-state index contributed by atoms with van der Waals surface area (Å²) in [5, 5.41) is 18.0. The minimum Gasteiger partial charge on any atom is -0.480 e. The van der Waals surface area contributed by atoms with Crippen LogP contribution in [0.5, 0.6) is 0 Å². The van der Waals surface area contributed by atoms with Crippen molar-refractivity contribution in [3.8, 4) is 0 Å². The van der Waals surface area contributed by atoms with Gasteiger partial charge in [0.2, 0.25) is 0 Å². The van der Waals surface area contributed by atoms with Crippen LogP contribution in [0, 0.1) is 0 Å². The smallest absolute Gasteiger partial charge is 0.326 e. The Bertz CT molecular complexity index is 432. The van der Waals surface area contributed by atoms with E-state index in [1.54, 1.807) is 0 Å². The molecule has 2 N–H and O–H groups in total. The number of hydrogen-bond acceptors (Lipinski definition) is 5. The van der Waals surface area contributed by atoms with E-state index in [2.05, 4.69) is 15.5 Å². The minimum absolute atomic E-state index is 0.00213. The summed E-state index contributed by atoms with van der Waals surface area (Å²) in [4.78, 5) is 33.2. The Hall–Kier alpha value is -2.31. The Labute approximate surface area is 96.9 Å². The molecule has 1 amide bonds. The number of carboxylic acids is 1. The van der Waals surface area contributed by atoms with Crippen molar-refractivity contribution in [2.75, 3.05) is 0 Å². The molecule has 17 heavy (non-hydrogen) atoms. The normalized spacial score (nSPS) is 11.6. The van der Waals surface area contributed by atoms with E-state index in [1.807, 2.05) is 0 Å². The molecule has 7 heteroatoms. The van der Waals surface area contributed by atoms with E-state index in [9.17, 15) is 14.4 Å². The van der Waals surface area contributed by atoms with Gasteiger partial charge in [-0.25, -0.2) is 4.79 Å². The molecule has 1 rings (SSSR count). The SMILES string of the molecule is CC(=O)CC(NC(=O)c1cccnn1)C(=O)O. The van der Waals surface area contributed by atoms with Crippen molar-refractivity contribution in [2.24, 2.45) is 0 Å². The number of aliphatic carboxylic acids is 1. The molecule has 0 bridgehead atoms. The Morgan fingerprint density at radius 2 is 2.18 bits per heavy atom. The molecule has 1 aromatic rings. The minimum atomic E-state index is -1.27.